The molecule has 9 heteroatoms. The molecule has 0 radical (unpaired) electrons. The number of ether oxygens (including phenoxy) is 2. The molecule has 0 bridgehead atoms. The number of allylic oxidation sites excluding steroid dienone is 1. The van der Waals surface area contributed by atoms with Crippen LogP contribution in [0.3, 0.4) is 0 Å². The third-order valence-electron chi connectivity index (χ3n) is 5.89. The molecule has 1 atom stereocenters. The molecule has 0 fully saturated rings. The van der Waals surface area contributed by atoms with Crippen molar-refractivity contribution in [1.82, 2.24) is 14.8 Å². The standard InChI is InChI=1S/C26H29N3O6/c1-28(25(31)33-19-8-6-4-3-5-7-9-19)14-15-29(2)26(32)34-20-11-13-22-24(17-20)35-23-16-18(30)10-12-21(23)27-22/h6,8,10-13,16-17,19H,3-5,7,9,14-15H2,1-2H3/b8-6+. The maximum absolute atomic E-state index is 12.5. The summed E-state index contributed by atoms with van der Waals surface area (Å²) in [6.45, 7) is 0.558. The van der Waals surface area contributed by atoms with E-state index >= 15 is 0 Å². The number of carbonyl (C=O) groups is 2. The highest BCUT2D eigenvalue weighted by Gasteiger charge is 2.19. The average Bonchev–Trinajstić information content (AvgIpc) is 2.82. The van der Waals surface area contributed by atoms with Crippen molar-refractivity contribution >= 4 is 23.3 Å². The first-order chi connectivity index (χ1) is 16.9. The van der Waals surface area contributed by atoms with E-state index in [0.29, 0.717) is 29.1 Å². The molecule has 0 saturated carbocycles. The van der Waals surface area contributed by atoms with E-state index in [2.05, 4.69) is 11.1 Å². The Morgan fingerprint density at radius 2 is 1.83 bits per heavy atom. The summed E-state index contributed by atoms with van der Waals surface area (Å²) < 4.78 is 16.8. The second-order valence-electron chi connectivity index (χ2n) is 8.67. The molecule has 1 aromatic rings. The molecule has 0 N–H and O–H groups in total. The van der Waals surface area contributed by atoms with Gasteiger partial charge in [0.2, 0.25) is 0 Å². The first kappa shape index (κ1) is 24.3. The lowest BCUT2D eigenvalue weighted by atomic mass is 10.0. The summed E-state index contributed by atoms with van der Waals surface area (Å²) in [5.41, 5.74) is 1.35. The second-order valence-corrected chi connectivity index (χ2v) is 8.67. The summed E-state index contributed by atoms with van der Waals surface area (Å²) >= 11 is 0. The molecule has 1 aromatic carbocycles. The van der Waals surface area contributed by atoms with E-state index in [4.69, 9.17) is 13.9 Å². The number of hydrogen-bond acceptors (Lipinski definition) is 7. The molecule has 9 nitrogen and oxygen atoms in total. The Bertz CT molecular complexity index is 1250. The van der Waals surface area contributed by atoms with Crippen molar-refractivity contribution in [3.63, 3.8) is 0 Å². The molecule has 1 unspecified atom stereocenters. The minimum absolute atomic E-state index is 0.179. The highest BCUT2D eigenvalue weighted by molar-refractivity contribution is 5.79. The Morgan fingerprint density at radius 1 is 1.03 bits per heavy atom. The smallest absolute Gasteiger partial charge is 0.415 e. The summed E-state index contributed by atoms with van der Waals surface area (Å²) in [5.74, 6) is 0.636. The van der Waals surface area contributed by atoms with Crippen molar-refractivity contribution < 1.29 is 23.5 Å². The summed E-state index contributed by atoms with van der Waals surface area (Å²) in [4.78, 5) is 43.8. The van der Waals surface area contributed by atoms with Crippen LogP contribution in [-0.4, -0.2) is 60.3 Å². The van der Waals surface area contributed by atoms with Gasteiger partial charge in [0.25, 0.3) is 0 Å². The largest absolute Gasteiger partial charge is 0.453 e. The number of amides is 2. The van der Waals surface area contributed by atoms with Crippen LogP contribution >= 0.6 is 0 Å². The van der Waals surface area contributed by atoms with Gasteiger partial charge in [-0.2, -0.15) is 0 Å². The van der Waals surface area contributed by atoms with E-state index in [0.717, 1.165) is 25.7 Å². The third kappa shape index (κ3) is 6.38. The zero-order valence-electron chi connectivity index (χ0n) is 19.9. The van der Waals surface area contributed by atoms with E-state index in [1.54, 1.807) is 38.4 Å². The summed E-state index contributed by atoms with van der Waals surface area (Å²) in [6, 6.07) is 9.25. The molecule has 184 valence electrons. The molecule has 1 aliphatic heterocycles. The van der Waals surface area contributed by atoms with Crippen LogP contribution in [0, 0.1) is 0 Å². The van der Waals surface area contributed by atoms with Crippen LogP contribution in [0.25, 0.3) is 22.6 Å². The monoisotopic (exact) mass is 479 g/mol. The van der Waals surface area contributed by atoms with E-state index in [-0.39, 0.29) is 23.8 Å². The van der Waals surface area contributed by atoms with Crippen molar-refractivity contribution in [2.75, 3.05) is 27.2 Å². The van der Waals surface area contributed by atoms with Crippen molar-refractivity contribution in [1.29, 1.82) is 0 Å². The fraction of sp³-hybridized carbons (Fsp3) is 0.385. The maximum atomic E-state index is 12.5. The number of aromatic nitrogens is 1. The average molecular weight is 480 g/mol. The topological polar surface area (TPSA) is 102 Å². The van der Waals surface area contributed by atoms with Gasteiger partial charge in [-0.3, -0.25) is 4.79 Å². The van der Waals surface area contributed by atoms with Crippen molar-refractivity contribution in [3.05, 3.63) is 58.8 Å². The summed E-state index contributed by atoms with van der Waals surface area (Å²) in [7, 11) is 3.24. The van der Waals surface area contributed by atoms with Crippen molar-refractivity contribution in [2.45, 2.75) is 38.2 Å². The van der Waals surface area contributed by atoms with Crippen molar-refractivity contribution in [2.24, 2.45) is 0 Å². The van der Waals surface area contributed by atoms with Crippen LogP contribution in [0.5, 0.6) is 5.75 Å². The van der Waals surface area contributed by atoms with Crippen LogP contribution < -0.4 is 10.2 Å². The van der Waals surface area contributed by atoms with Crippen molar-refractivity contribution in [3.8, 4) is 17.2 Å². The maximum Gasteiger partial charge on any atom is 0.415 e. The Morgan fingerprint density at radius 3 is 2.66 bits per heavy atom. The Hall–Kier alpha value is -3.88. The predicted octanol–water partition coefficient (Wildman–Crippen LogP) is 4.68. The second kappa shape index (κ2) is 11.0. The van der Waals surface area contributed by atoms with Crippen LogP contribution in [0.15, 0.2) is 57.8 Å². The lowest BCUT2D eigenvalue weighted by molar-refractivity contribution is 0.0799. The lowest BCUT2D eigenvalue weighted by Gasteiger charge is -2.24. The highest BCUT2D eigenvalue weighted by atomic mass is 16.6. The first-order valence-corrected chi connectivity index (χ1v) is 11.7. The van der Waals surface area contributed by atoms with Gasteiger partial charge in [-0.15, -0.1) is 0 Å². The molecule has 4 rings (SSSR count). The van der Waals surface area contributed by atoms with Crippen LogP contribution in [0.4, 0.5) is 9.59 Å². The SMILES string of the molecule is CN(CCN(C)C(=O)OC1/C=C/CCCCC1)C(=O)Oc1ccc2nc3ccc(=O)cc-3oc2c1. The number of hydrogen-bond donors (Lipinski definition) is 0. The van der Waals surface area contributed by atoms with Crippen LogP contribution in [0.1, 0.15) is 32.1 Å². The normalized spacial score (nSPS) is 16.8. The molecule has 2 aliphatic carbocycles. The van der Waals surface area contributed by atoms with Gasteiger partial charge in [0.1, 0.15) is 23.1 Å². The van der Waals surface area contributed by atoms with Gasteiger partial charge in [-0.25, -0.2) is 14.6 Å². The van der Waals surface area contributed by atoms with Gasteiger partial charge >= 0.3 is 12.2 Å². The summed E-state index contributed by atoms with van der Waals surface area (Å²) in [5, 5.41) is 0. The van der Waals surface area contributed by atoms with Gasteiger partial charge in [0, 0.05) is 39.3 Å². The highest BCUT2D eigenvalue weighted by Crippen LogP contribution is 2.26. The molecule has 35 heavy (non-hydrogen) atoms. The van der Waals surface area contributed by atoms with Gasteiger partial charge < -0.3 is 23.7 Å². The minimum atomic E-state index is -0.579. The molecular weight excluding hydrogens is 450 g/mol. The Labute approximate surface area is 203 Å². The fourth-order valence-electron chi connectivity index (χ4n) is 3.76. The third-order valence-corrected chi connectivity index (χ3v) is 5.89. The van der Waals surface area contributed by atoms with E-state index in [1.807, 2.05) is 6.08 Å². The first-order valence-electron chi connectivity index (χ1n) is 11.7. The van der Waals surface area contributed by atoms with Gasteiger partial charge in [0.05, 0.1) is 0 Å². The lowest BCUT2D eigenvalue weighted by Crippen LogP contribution is -2.39. The van der Waals surface area contributed by atoms with E-state index in [1.165, 1.54) is 28.4 Å². The summed E-state index contributed by atoms with van der Waals surface area (Å²) in [6.07, 6.45) is 8.00. The van der Waals surface area contributed by atoms with Crippen LogP contribution in [0.2, 0.25) is 0 Å². The molecule has 0 spiro atoms. The molecule has 2 amide bonds. The zero-order chi connectivity index (χ0) is 24.8. The van der Waals surface area contributed by atoms with Gasteiger partial charge in [-0.1, -0.05) is 12.5 Å². The molecule has 0 aromatic heterocycles. The number of nitrogens with zero attached hydrogens (tertiary/aromatic N) is 3. The van der Waals surface area contributed by atoms with Crippen LogP contribution in [-0.2, 0) is 4.74 Å². The number of rotatable bonds is 5. The Balaban J connectivity index is 1.31. The molecular formula is C26H29N3O6. The number of carbonyl (C=O) groups excluding carboxylic acids is 2. The minimum Gasteiger partial charge on any atom is -0.453 e. The van der Waals surface area contributed by atoms with Gasteiger partial charge in [0.15, 0.2) is 16.8 Å². The number of likely N-dealkylation sites (N-methyl/N-ethyl adjacent to an activating group) is 2. The number of fused-ring (bicyclic) bond motifs is 2. The van der Waals surface area contributed by atoms with E-state index in [9.17, 15) is 14.4 Å². The molecule has 0 saturated heterocycles. The quantitative estimate of drug-likeness (QED) is 0.387. The molecule has 1 heterocycles. The van der Waals surface area contributed by atoms with Gasteiger partial charge in [-0.05, 0) is 56.0 Å². The zero-order valence-corrected chi connectivity index (χ0v) is 19.9. The predicted molar refractivity (Wildman–Crippen MR) is 131 cm³/mol. The molecule has 3 aliphatic rings. The Kier molecular flexibility index (Phi) is 7.64. The number of benzene rings is 2. The van der Waals surface area contributed by atoms with E-state index < -0.39 is 12.2 Å². The fourth-order valence-corrected chi connectivity index (χ4v) is 3.76.